The lowest BCUT2D eigenvalue weighted by molar-refractivity contribution is 0.0639. The number of pyridine rings is 1. The summed E-state index contributed by atoms with van der Waals surface area (Å²) in [7, 11) is 0. The Hall–Kier alpha value is -1.13. The zero-order valence-corrected chi connectivity index (χ0v) is 11.6. The van der Waals surface area contributed by atoms with Gasteiger partial charge in [0.2, 0.25) is 0 Å². The normalized spacial score (nSPS) is 18.9. The van der Waals surface area contributed by atoms with Crippen LogP contribution in [-0.4, -0.2) is 36.8 Å². The van der Waals surface area contributed by atoms with Crippen LogP contribution in [0, 0.1) is 0 Å². The van der Waals surface area contributed by atoms with Crippen molar-refractivity contribution in [3.63, 3.8) is 0 Å². The fourth-order valence-electron chi connectivity index (χ4n) is 2.25. The van der Waals surface area contributed by atoms with Crippen LogP contribution in [0.3, 0.4) is 0 Å². The third kappa shape index (κ3) is 3.00. The standard InChI is InChI=1S/C14H23N3O/c1-4-15-10-12-6-5-7-13(16-12)17-8-9-18-11-14(17,2)3/h5-7,15H,4,8-11H2,1-3H3. The molecule has 0 aromatic carbocycles. The van der Waals surface area contributed by atoms with Crippen LogP contribution in [0.1, 0.15) is 26.5 Å². The Bertz CT molecular complexity index is 392. The molecule has 1 N–H and O–H groups in total. The minimum Gasteiger partial charge on any atom is -0.377 e. The first-order valence-electron chi connectivity index (χ1n) is 6.65. The molecule has 2 rings (SSSR count). The number of morpholine rings is 1. The van der Waals surface area contributed by atoms with E-state index in [1.165, 1.54) is 0 Å². The molecule has 0 atom stereocenters. The Morgan fingerprint density at radius 1 is 1.44 bits per heavy atom. The fourth-order valence-corrected chi connectivity index (χ4v) is 2.25. The van der Waals surface area contributed by atoms with Gasteiger partial charge in [0.05, 0.1) is 24.4 Å². The maximum atomic E-state index is 5.55. The molecule has 0 unspecified atom stereocenters. The highest BCUT2D eigenvalue weighted by Crippen LogP contribution is 2.25. The predicted octanol–water partition coefficient (Wildman–Crippen LogP) is 1.81. The molecule has 1 fully saturated rings. The van der Waals surface area contributed by atoms with Crippen LogP contribution in [0.2, 0.25) is 0 Å². The summed E-state index contributed by atoms with van der Waals surface area (Å²) < 4.78 is 5.55. The summed E-state index contributed by atoms with van der Waals surface area (Å²) in [6.07, 6.45) is 0. The molecular formula is C14H23N3O. The van der Waals surface area contributed by atoms with Gasteiger partial charge in [-0.2, -0.15) is 0 Å². The minimum absolute atomic E-state index is 0.0159. The Morgan fingerprint density at radius 2 is 2.28 bits per heavy atom. The Balaban J connectivity index is 2.16. The predicted molar refractivity (Wildman–Crippen MR) is 73.9 cm³/mol. The molecular weight excluding hydrogens is 226 g/mol. The van der Waals surface area contributed by atoms with E-state index in [4.69, 9.17) is 9.72 Å². The second kappa shape index (κ2) is 5.67. The first-order valence-corrected chi connectivity index (χ1v) is 6.65. The molecule has 1 aliphatic rings. The van der Waals surface area contributed by atoms with E-state index in [0.29, 0.717) is 0 Å². The number of nitrogens with one attached hydrogen (secondary N) is 1. The summed E-state index contributed by atoms with van der Waals surface area (Å²) in [5.41, 5.74) is 1.11. The van der Waals surface area contributed by atoms with Crippen LogP contribution in [0.4, 0.5) is 5.82 Å². The number of ether oxygens (including phenoxy) is 1. The Kier molecular flexibility index (Phi) is 4.19. The second-order valence-corrected chi connectivity index (χ2v) is 5.28. The lowest BCUT2D eigenvalue weighted by Gasteiger charge is -2.43. The number of hydrogen-bond donors (Lipinski definition) is 1. The van der Waals surface area contributed by atoms with E-state index in [2.05, 4.69) is 49.2 Å². The van der Waals surface area contributed by atoms with Gasteiger partial charge in [0.1, 0.15) is 5.82 Å². The summed E-state index contributed by atoms with van der Waals surface area (Å²) in [5.74, 6) is 1.05. The highest BCUT2D eigenvalue weighted by Gasteiger charge is 2.31. The van der Waals surface area contributed by atoms with Gasteiger partial charge in [-0.15, -0.1) is 0 Å². The number of nitrogens with zero attached hydrogens (tertiary/aromatic N) is 2. The molecule has 0 bridgehead atoms. The molecule has 1 aliphatic heterocycles. The number of hydrogen-bond acceptors (Lipinski definition) is 4. The average molecular weight is 249 g/mol. The van der Waals surface area contributed by atoms with Crippen LogP contribution in [-0.2, 0) is 11.3 Å². The van der Waals surface area contributed by atoms with E-state index < -0.39 is 0 Å². The molecule has 0 amide bonds. The van der Waals surface area contributed by atoms with E-state index in [1.54, 1.807) is 0 Å². The summed E-state index contributed by atoms with van der Waals surface area (Å²) in [5, 5.41) is 3.31. The van der Waals surface area contributed by atoms with Gasteiger partial charge in [-0.25, -0.2) is 4.98 Å². The van der Waals surface area contributed by atoms with Crippen molar-refractivity contribution in [1.82, 2.24) is 10.3 Å². The van der Waals surface area contributed by atoms with Crippen molar-refractivity contribution in [2.75, 3.05) is 31.2 Å². The largest absolute Gasteiger partial charge is 0.377 e. The fraction of sp³-hybridized carbons (Fsp3) is 0.643. The molecule has 0 spiro atoms. The zero-order valence-electron chi connectivity index (χ0n) is 11.6. The molecule has 4 heteroatoms. The van der Waals surface area contributed by atoms with E-state index in [9.17, 15) is 0 Å². The highest BCUT2D eigenvalue weighted by molar-refractivity contribution is 5.43. The van der Waals surface area contributed by atoms with E-state index in [-0.39, 0.29) is 5.54 Å². The van der Waals surface area contributed by atoms with Crippen LogP contribution >= 0.6 is 0 Å². The van der Waals surface area contributed by atoms with Gasteiger partial charge in [-0.3, -0.25) is 0 Å². The van der Waals surface area contributed by atoms with Crippen molar-refractivity contribution in [2.24, 2.45) is 0 Å². The van der Waals surface area contributed by atoms with Gasteiger partial charge in [0, 0.05) is 13.1 Å². The van der Waals surface area contributed by atoms with E-state index >= 15 is 0 Å². The molecule has 4 nitrogen and oxygen atoms in total. The number of rotatable bonds is 4. The topological polar surface area (TPSA) is 37.4 Å². The van der Waals surface area contributed by atoms with Crippen molar-refractivity contribution in [2.45, 2.75) is 32.9 Å². The molecule has 1 saturated heterocycles. The zero-order chi connectivity index (χ0) is 13.0. The number of aromatic nitrogens is 1. The smallest absolute Gasteiger partial charge is 0.129 e. The van der Waals surface area contributed by atoms with Gasteiger partial charge in [-0.05, 0) is 32.5 Å². The van der Waals surface area contributed by atoms with Crippen molar-refractivity contribution in [1.29, 1.82) is 0 Å². The summed E-state index contributed by atoms with van der Waals surface area (Å²) in [4.78, 5) is 7.08. The van der Waals surface area contributed by atoms with Crippen molar-refractivity contribution >= 4 is 5.82 Å². The molecule has 0 radical (unpaired) electrons. The van der Waals surface area contributed by atoms with Crippen LogP contribution in [0.15, 0.2) is 18.2 Å². The van der Waals surface area contributed by atoms with Crippen LogP contribution in [0.25, 0.3) is 0 Å². The van der Waals surface area contributed by atoms with Crippen LogP contribution < -0.4 is 10.2 Å². The maximum absolute atomic E-state index is 5.55. The van der Waals surface area contributed by atoms with Gasteiger partial charge in [0.15, 0.2) is 0 Å². The SMILES string of the molecule is CCNCc1cccc(N2CCOCC2(C)C)n1. The lowest BCUT2D eigenvalue weighted by atomic mass is 10.0. The molecule has 0 saturated carbocycles. The second-order valence-electron chi connectivity index (χ2n) is 5.28. The third-order valence-electron chi connectivity index (χ3n) is 3.27. The molecule has 100 valence electrons. The molecule has 2 heterocycles. The molecule has 1 aromatic rings. The van der Waals surface area contributed by atoms with Crippen molar-refractivity contribution in [3.8, 4) is 0 Å². The molecule has 0 aliphatic carbocycles. The van der Waals surface area contributed by atoms with Crippen LogP contribution in [0.5, 0.6) is 0 Å². The van der Waals surface area contributed by atoms with Gasteiger partial charge in [-0.1, -0.05) is 13.0 Å². The molecule has 1 aromatic heterocycles. The van der Waals surface area contributed by atoms with Gasteiger partial charge in [0.25, 0.3) is 0 Å². The average Bonchev–Trinajstić information content (AvgIpc) is 2.36. The monoisotopic (exact) mass is 249 g/mol. The maximum Gasteiger partial charge on any atom is 0.129 e. The van der Waals surface area contributed by atoms with Gasteiger partial charge >= 0.3 is 0 Å². The highest BCUT2D eigenvalue weighted by atomic mass is 16.5. The van der Waals surface area contributed by atoms with Crippen molar-refractivity contribution < 1.29 is 4.74 Å². The van der Waals surface area contributed by atoms with Crippen molar-refractivity contribution in [3.05, 3.63) is 23.9 Å². The first-order chi connectivity index (χ1) is 8.63. The minimum atomic E-state index is 0.0159. The number of anilines is 1. The Morgan fingerprint density at radius 3 is 3.00 bits per heavy atom. The molecule has 18 heavy (non-hydrogen) atoms. The third-order valence-corrected chi connectivity index (χ3v) is 3.27. The van der Waals surface area contributed by atoms with E-state index in [1.807, 2.05) is 0 Å². The Labute approximate surface area is 109 Å². The summed E-state index contributed by atoms with van der Waals surface area (Å²) in [6, 6.07) is 6.24. The summed E-state index contributed by atoms with van der Waals surface area (Å²) >= 11 is 0. The first kappa shape index (κ1) is 13.3. The van der Waals surface area contributed by atoms with Gasteiger partial charge < -0.3 is 15.0 Å². The summed E-state index contributed by atoms with van der Waals surface area (Å²) in [6.45, 7) is 10.7. The van der Waals surface area contributed by atoms with E-state index in [0.717, 1.165) is 44.4 Å². The quantitative estimate of drug-likeness (QED) is 0.883. The lowest BCUT2D eigenvalue weighted by Crippen LogP contribution is -2.53.